The van der Waals surface area contributed by atoms with Crippen LogP contribution >= 0.6 is 0 Å². The summed E-state index contributed by atoms with van der Waals surface area (Å²) >= 11 is 0. The second-order valence-corrected chi connectivity index (χ2v) is 5.35. The van der Waals surface area contributed by atoms with E-state index in [9.17, 15) is 4.79 Å². The minimum Gasteiger partial charge on any atom is -0.345 e. The molecule has 4 N–H and O–H groups in total. The van der Waals surface area contributed by atoms with Crippen molar-refractivity contribution in [1.29, 1.82) is 0 Å². The standard InChI is InChI=1S/C12H19N5O/c13-8-3-1-2-4-9(8)14-12(18)11-15-10(16-17-11)7-5-6-7/h7-9H,1-6,13H2,(H,14,18)(H,15,16,17). The first-order chi connectivity index (χ1) is 8.74. The predicted molar refractivity (Wildman–Crippen MR) is 66.1 cm³/mol. The fraction of sp³-hybridized carbons (Fsp3) is 0.750. The summed E-state index contributed by atoms with van der Waals surface area (Å²) in [6, 6.07) is 0.124. The maximum atomic E-state index is 12.0. The first-order valence-electron chi connectivity index (χ1n) is 6.73. The molecule has 6 heteroatoms. The second-order valence-electron chi connectivity index (χ2n) is 5.35. The van der Waals surface area contributed by atoms with Crippen LogP contribution in [0.15, 0.2) is 0 Å². The average molecular weight is 249 g/mol. The minimum atomic E-state index is -0.208. The lowest BCUT2D eigenvalue weighted by Crippen LogP contribution is -2.49. The molecule has 0 aromatic carbocycles. The molecule has 2 aliphatic rings. The number of aromatic amines is 1. The Morgan fingerprint density at radius 2 is 2.06 bits per heavy atom. The van der Waals surface area contributed by atoms with Gasteiger partial charge in [-0.25, -0.2) is 4.98 Å². The molecular formula is C12H19N5O. The fourth-order valence-electron chi connectivity index (χ4n) is 2.49. The van der Waals surface area contributed by atoms with Crippen LogP contribution in [-0.2, 0) is 0 Å². The molecule has 2 atom stereocenters. The van der Waals surface area contributed by atoms with Crippen LogP contribution < -0.4 is 11.1 Å². The molecule has 1 heterocycles. The van der Waals surface area contributed by atoms with Crippen LogP contribution in [0.3, 0.4) is 0 Å². The Balaban J connectivity index is 1.62. The molecule has 0 aliphatic heterocycles. The molecule has 1 aromatic rings. The number of nitrogens with one attached hydrogen (secondary N) is 2. The van der Waals surface area contributed by atoms with Gasteiger partial charge in [0.25, 0.3) is 5.91 Å². The molecule has 2 unspecified atom stereocenters. The maximum Gasteiger partial charge on any atom is 0.291 e. The molecule has 2 aliphatic carbocycles. The summed E-state index contributed by atoms with van der Waals surface area (Å²) in [5.74, 6) is 1.36. The van der Waals surface area contributed by atoms with E-state index >= 15 is 0 Å². The molecule has 2 saturated carbocycles. The highest BCUT2D eigenvalue weighted by molar-refractivity contribution is 5.90. The summed E-state index contributed by atoms with van der Waals surface area (Å²) in [7, 11) is 0. The van der Waals surface area contributed by atoms with Crippen molar-refractivity contribution >= 4 is 5.91 Å². The van der Waals surface area contributed by atoms with Crippen LogP contribution in [0.1, 0.15) is 60.9 Å². The maximum absolute atomic E-state index is 12.0. The summed E-state index contributed by atoms with van der Waals surface area (Å²) in [4.78, 5) is 16.2. The molecule has 3 rings (SSSR count). The highest BCUT2D eigenvalue weighted by atomic mass is 16.2. The van der Waals surface area contributed by atoms with Gasteiger partial charge in [-0.1, -0.05) is 12.8 Å². The Kier molecular flexibility index (Phi) is 3.03. The Morgan fingerprint density at radius 1 is 1.28 bits per heavy atom. The molecule has 0 spiro atoms. The zero-order chi connectivity index (χ0) is 12.5. The van der Waals surface area contributed by atoms with E-state index in [4.69, 9.17) is 5.73 Å². The van der Waals surface area contributed by atoms with E-state index in [1.165, 1.54) is 0 Å². The lowest BCUT2D eigenvalue weighted by Gasteiger charge is -2.28. The number of amides is 1. The number of aromatic nitrogens is 3. The van der Waals surface area contributed by atoms with E-state index in [1.807, 2.05) is 0 Å². The first-order valence-corrected chi connectivity index (χ1v) is 6.73. The van der Waals surface area contributed by atoms with Gasteiger partial charge in [0.15, 0.2) is 0 Å². The van der Waals surface area contributed by atoms with Crippen LogP contribution in [0.5, 0.6) is 0 Å². The number of nitrogens with zero attached hydrogens (tertiary/aromatic N) is 2. The molecule has 1 amide bonds. The van der Waals surface area contributed by atoms with Gasteiger partial charge >= 0.3 is 0 Å². The number of hydrogen-bond acceptors (Lipinski definition) is 4. The third-order valence-electron chi connectivity index (χ3n) is 3.81. The second kappa shape index (κ2) is 4.68. The summed E-state index contributed by atoms with van der Waals surface area (Å²) < 4.78 is 0. The zero-order valence-corrected chi connectivity index (χ0v) is 10.4. The quantitative estimate of drug-likeness (QED) is 0.734. The molecule has 2 fully saturated rings. The monoisotopic (exact) mass is 249 g/mol. The summed E-state index contributed by atoms with van der Waals surface area (Å²) in [6.45, 7) is 0. The van der Waals surface area contributed by atoms with E-state index in [0.29, 0.717) is 5.92 Å². The SMILES string of the molecule is NC1CCCCC1NC(=O)c1n[nH]c(C2CC2)n1. The van der Waals surface area contributed by atoms with Crippen LogP contribution in [0, 0.1) is 0 Å². The van der Waals surface area contributed by atoms with Crippen LogP contribution in [0.4, 0.5) is 0 Å². The fourth-order valence-corrected chi connectivity index (χ4v) is 2.49. The molecule has 0 radical (unpaired) electrons. The van der Waals surface area contributed by atoms with Gasteiger partial charge in [-0.15, -0.1) is 5.10 Å². The third kappa shape index (κ3) is 2.38. The third-order valence-corrected chi connectivity index (χ3v) is 3.81. The van der Waals surface area contributed by atoms with Gasteiger partial charge < -0.3 is 11.1 Å². The Labute approximate surface area is 106 Å². The Bertz CT molecular complexity index is 439. The lowest BCUT2D eigenvalue weighted by atomic mass is 9.91. The number of carbonyl (C=O) groups excluding carboxylic acids is 1. The van der Waals surface area contributed by atoms with Crippen molar-refractivity contribution in [2.24, 2.45) is 5.73 Å². The summed E-state index contributed by atoms with van der Waals surface area (Å²) in [6.07, 6.45) is 6.49. The van der Waals surface area contributed by atoms with Crippen molar-refractivity contribution in [3.63, 3.8) is 0 Å². The van der Waals surface area contributed by atoms with E-state index in [1.54, 1.807) is 0 Å². The molecule has 0 bridgehead atoms. The highest BCUT2D eigenvalue weighted by Crippen LogP contribution is 2.37. The van der Waals surface area contributed by atoms with Crippen molar-refractivity contribution < 1.29 is 4.79 Å². The largest absolute Gasteiger partial charge is 0.345 e. The Hall–Kier alpha value is -1.43. The number of hydrogen-bond donors (Lipinski definition) is 3. The normalized spacial score (nSPS) is 28.1. The van der Waals surface area contributed by atoms with Gasteiger partial charge in [-0.2, -0.15) is 0 Å². The first kappa shape index (κ1) is 11.6. The van der Waals surface area contributed by atoms with Gasteiger partial charge in [0.2, 0.25) is 5.82 Å². The van der Waals surface area contributed by atoms with Gasteiger partial charge in [-0.3, -0.25) is 9.89 Å². The van der Waals surface area contributed by atoms with Gasteiger partial charge in [0.05, 0.1) is 0 Å². The molecule has 0 saturated heterocycles. The smallest absolute Gasteiger partial charge is 0.291 e. The topological polar surface area (TPSA) is 96.7 Å². The van der Waals surface area contributed by atoms with Crippen molar-refractivity contribution in [2.45, 2.75) is 56.5 Å². The number of carbonyl (C=O) groups is 1. The van der Waals surface area contributed by atoms with E-state index in [2.05, 4.69) is 20.5 Å². The van der Waals surface area contributed by atoms with Crippen molar-refractivity contribution in [1.82, 2.24) is 20.5 Å². The predicted octanol–water partition coefficient (Wildman–Crippen LogP) is 0.682. The van der Waals surface area contributed by atoms with E-state index < -0.39 is 0 Å². The molecule has 1 aromatic heterocycles. The zero-order valence-electron chi connectivity index (χ0n) is 10.4. The molecular weight excluding hydrogens is 230 g/mol. The molecule has 6 nitrogen and oxygen atoms in total. The van der Waals surface area contributed by atoms with Crippen molar-refractivity contribution in [3.05, 3.63) is 11.6 Å². The molecule has 18 heavy (non-hydrogen) atoms. The lowest BCUT2D eigenvalue weighted by molar-refractivity contribution is 0.0911. The Morgan fingerprint density at radius 3 is 2.78 bits per heavy atom. The average Bonchev–Trinajstić information content (AvgIpc) is 3.10. The summed E-state index contributed by atoms with van der Waals surface area (Å²) in [5.41, 5.74) is 6.01. The van der Waals surface area contributed by atoms with Crippen LogP contribution in [0.2, 0.25) is 0 Å². The minimum absolute atomic E-state index is 0.0598. The highest BCUT2D eigenvalue weighted by Gasteiger charge is 2.29. The van der Waals surface area contributed by atoms with Crippen molar-refractivity contribution in [2.75, 3.05) is 0 Å². The number of nitrogens with two attached hydrogens (primary N) is 1. The van der Waals surface area contributed by atoms with Gasteiger partial charge in [-0.05, 0) is 25.7 Å². The van der Waals surface area contributed by atoms with Crippen molar-refractivity contribution in [3.8, 4) is 0 Å². The van der Waals surface area contributed by atoms with Gasteiger partial charge in [0.1, 0.15) is 5.82 Å². The molecule has 98 valence electrons. The van der Waals surface area contributed by atoms with Crippen LogP contribution in [-0.4, -0.2) is 33.2 Å². The van der Waals surface area contributed by atoms with Crippen LogP contribution in [0.25, 0.3) is 0 Å². The number of H-pyrrole nitrogens is 1. The van der Waals surface area contributed by atoms with E-state index in [0.717, 1.165) is 44.3 Å². The number of rotatable bonds is 3. The van der Waals surface area contributed by atoms with E-state index in [-0.39, 0.29) is 23.8 Å². The van der Waals surface area contributed by atoms with Gasteiger partial charge in [0, 0.05) is 18.0 Å². The summed E-state index contributed by atoms with van der Waals surface area (Å²) in [5, 5.41) is 9.77.